The minimum atomic E-state index is -3.59. The van der Waals surface area contributed by atoms with Crippen LogP contribution >= 0.6 is 0 Å². The number of anilines is 1. The second-order valence-electron chi connectivity index (χ2n) is 8.28. The molecule has 3 rings (SSSR count). The molecule has 2 amide bonds. The van der Waals surface area contributed by atoms with Crippen LogP contribution < -0.4 is 20.1 Å². The summed E-state index contributed by atoms with van der Waals surface area (Å²) in [6, 6.07) is 10.9. The Morgan fingerprint density at radius 2 is 1.68 bits per heavy atom. The molecule has 0 bridgehead atoms. The van der Waals surface area contributed by atoms with Crippen LogP contribution in [0, 0.1) is 12.8 Å². The Morgan fingerprint density at radius 1 is 1.03 bits per heavy atom. The fourth-order valence-corrected chi connectivity index (χ4v) is 5.23. The number of piperidine rings is 1. The lowest BCUT2D eigenvalue weighted by molar-refractivity contribution is -0.129. The summed E-state index contributed by atoms with van der Waals surface area (Å²) in [6.45, 7) is 3.99. The molecule has 0 radical (unpaired) electrons. The highest BCUT2D eigenvalue weighted by Crippen LogP contribution is 2.29. The average molecular weight is 490 g/mol. The average Bonchev–Trinajstić information content (AvgIpc) is 2.84. The molecule has 0 aromatic heterocycles. The summed E-state index contributed by atoms with van der Waals surface area (Å²) in [7, 11) is -0.572. The van der Waals surface area contributed by atoms with Gasteiger partial charge in [0.15, 0.2) is 0 Å². The van der Waals surface area contributed by atoms with E-state index in [1.54, 1.807) is 49.4 Å². The number of rotatable bonds is 8. The molecule has 2 aromatic rings. The maximum absolute atomic E-state index is 12.9. The Bertz CT molecular complexity index is 1130. The summed E-state index contributed by atoms with van der Waals surface area (Å²) >= 11 is 0. The van der Waals surface area contributed by atoms with Crippen LogP contribution in [0.15, 0.2) is 47.4 Å². The second-order valence-corrected chi connectivity index (χ2v) is 10.2. The quantitative estimate of drug-likeness (QED) is 0.589. The van der Waals surface area contributed by atoms with Crippen LogP contribution in [0.2, 0.25) is 0 Å². The van der Waals surface area contributed by atoms with E-state index in [9.17, 15) is 18.0 Å². The maximum Gasteiger partial charge on any atom is 0.246 e. The number of nitrogens with one attached hydrogen (secondary N) is 2. The standard InChI is InChI=1S/C24H31N3O6S/c1-16-5-8-20(9-6-16)34(30,31)27-13-11-18(12-14-27)24(29)25-17(2)23(28)26-21-10-7-19(32-3)15-22(21)33-4/h5-10,15,17-18H,11-14H2,1-4H3,(H,25,29)(H,26,28). The van der Waals surface area contributed by atoms with Gasteiger partial charge in [-0.3, -0.25) is 9.59 Å². The van der Waals surface area contributed by atoms with Gasteiger partial charge in [-0.2, -0.15) is 4.31 Å². The minimum Gasteiger partial charge on any atom is -0.497 e. The predicted molar refractivity (Wildman–Crippen MR) is 128 cm³/mol. The smallest absolute Gasteiger partial charge is 0.246 e. The van der Waals surface area contributed by atoms with Crippen LogP contribution in [0.5, 0.6) is 11.5 Å². The molecule has 0 spiro atoms. The molecule has 0 aliphatic carbocycles. The van der Waals surface area contributed by atoms with Crippen molar-refractivity contribution in [3.8, 4) is 11.5 Å². The highest BCUT2D eigenvalue weighted by atomic mass is 32.2. The van der Waals surface area contributed by atoms with Gasteiger partial charge >= 0.3 is 0 Å². The van der Waals surface area contributed by atoms with Crippen molar-refractivity contribution in [1.82, 2.24) is 9.62 Å². The van der Waals surface area contributed by atoms with Crippen molar-refractivity contribution in [3.63, 3.8) is 0 Å². The normalized spacial score (nSPS) is 15.9. The summed E-state index contributed by atoms with van der Waals surface area (Å²) in [5.41, 5.74) is 1.45. The Morgan fingerprint density at radius 3 is 2.26 bits per heavy atom. The summed E-state index contributed by atoms with van der Waals surface area (Å²) in [4.78, 5) is 25.6. The summed E-state index contributed by atoms with van der Waals surface area (Å²) in [5.74, 6) is 0.00323. The van der Waals surface area contributed by atoms with Gasteiger partial charge in [0.05, 0.1) is 24.8 Å². The van der Waals surface area contributed by atoms with Gasteiger partial charge in [-0.1, -0.05) is 17.7 Å². The van der Waals surface area contributed by atoms with Gasteiger partial charge in [0.1, 0.15) is 17.5 Å². The number of hydrogen-bond acceptors (Lipinski definition) is 6. The van der Waals surface area contributed by atoms with E-state index in [-0.39, 0.29) is 29.8 Å². The van der Waals surface area contributed by atoms with Crippen LogP contribution in [0.3, 0.4) is 0 Å². The van der Waals surface area contributed by atoms with Crippen molar-refractivity contribution in [2.75, 3.05) is 32.6 Å². The van der Waals surface area contributed by atoms with Crippen LogP contribution in [0.4, 0.5) is 5.69 Å². The number of methoxy groups -OCH3 is 2. The largest absolute Gasteiger partial charge is 0.497 e. The number of amides is 2. The zero-order chi connectivity index (χ0) is 24.9. The molecule has 34 heavy (non-hydrogen) atoms. The number of carbonyl (C=O) groups excluding carboxylic acids is 2. The molecule has 1 atom stereocenters. The Kier molecular flexibility index (Phi) is 8.16. The summed E-state index contributed by atoms with van der Waals surface area (Å²) in [6.07, 6.45) is 0.773. The highest BCUT2D eigenvalue weighted by Gasteiger charge is 2.33. The highest BCUT2D eigenvalue weighted by molar-refractivity contribution is 7.89. The number of carbonyl (C=O) groups is 2. The van der Waals surface area contributed by atoms with Gasteiger partial charge < -0.3 is 20.1 Å². The Hall–Kier alpha value is -3.11. The van der Waals surface area contributed by atoms with Gasteiger partial charge in [0, 0.05) is 25.1 Å². The van der Waals surface area contributed by atoms with E-state index >= 15 is 0 Å². The van der Waals surface area contributed by atoms with Gasteiger partial charge in [-0.15, -0.1) is 0 Å². The van der Waals surface area contributed by atoms with E-state index in [0.717, 1.165) is 5.56 Å². The molecule has 10 heteroatoms. The van der Waals surface area contributed by atoms with E-state index < -0.39 is 22.0 Å². The van der Waals surface area contributed by atoms with Crippen molar-refractivity contribution < 1.29 is 27.5 Å². The maximum atomic E-state index is 12.9. The summed E-state index contributed by atoms with van der Waals surface area (Å²) in [5, 5.41) is 5.48. The lowest BCUT2D eigenvalue weighted by Gasteiger charge is -2.31. The van der Waals surface area contributed by atoms with Crippen molar-refractivity contribution in [1.29, 1.82) is 0 Å². The molecule has 1 aliphatic rings. The first-order chi connectivity index (χ1) is 16.1. The number of sulfonamides is 1. The Balaban J connectivity index is 1.54. The number of benzene rings is 2. The van der Waals surface area contributed by atoms with Crippen LogP contribution in [-0.4, -0.2) is 57.9 Å². The second kappa shape index (κ2) is 10.9. The molecule has 1 unspecified atom stereocenters. The SMILES string of the molecule is COc1ccc(NC(=O)C(C)NC(=O)C2CCN(S(=O)(=O)c3ccc(C)cc3)CC2)c(OC)c1. The monoisotopic (exact) mass is 489 g/mol. The number of hydrogen-bond donors (Lipinski definition) is 2. The number of aryl methyl sites for hydroxylation is 1. The van der Waals surface area contributed by atoms with E-state index in [4.69, 9.17) is 9.47 Å². The van der Waals surface area contributed by atoms with E-state index in [1.807, 2.05) is 6.92 Å². The van der Waals surface area contributed by atoms with E-state index in [1.165, 1.54) is 18.5 Å². The van der Waals surface area contributed by atoms with Gasteiger partial charge in [-0.05, 0) is 51.0 Å². The van der Waals surface area contributed by atoms with Crippen LogP contribution in [-0.2, 0) is 19.6 Å². The molecule has 1 saturated heterocycles. The molecule has 2 N–H and O–H groups in total. The topological polar surface area (TPSA) is 114 Å². The molecule has 184 valence electrons. The first kappa shape index (κ1) is 25.5. The molecule has 1 fully saturated rings. The van der Waals surface area contributed by atoms with Crippen LogP contribution in [0.1, 0.15) is 25.3 Å². The molecule has 9 nitrogen and oxygen atoms in total. The molecular formula is C24H31N3O6S. The van der Waals surface area contributed by atoms with Crippen molar-refractivity contribution in [3.05, 3.63) is 48.0 Å². The minimum absolute atomic E-state index is 0.248. The number of nitrogens with zero attached hydrogens (tertiary/aromatic N) is 1. The van der Waals surface area contributed by atoms with E-state index in [2.05, 4.69) is 10.6 Å². The predicted octanol–water partition coefficient (Wildman–Crippen LogP) is 2.56. The summed E-state index contributed by atoms with van der Waals surface area (Å²) < 4.78 is 37.6. The zero-order valence-corrected chi connectivity index (χ0v) is 20.6. The number of ether oxygens (including phenoxy) is 2. The molecule has 0 saturated carbocycles. The third-order valence-corrected chi connectivity index (χ3v) is 7.81. The van der Waals surface area contributed by atoms with Crippen molar-refractivity contribution in [2.45, 2.75) is 37.6 Å². The lowest BCUT2D eigenvalue weighted by atomic mass is 9.97. The van der Waals surface area contributed by atoms with E-state index in [0.29, 0.717) is 30.0 Å². The van der Waals surface area contributed by atoms with Crippen LogP contribution in [0.25, 0.3) is 0 Å². The fraction of sp³-hybridized carbons (Fsp3) is 0.417. The lowest BCUT2D eigenvalue weighted by Crippen LogP contribution is -2.47. The first-order valence-electron chi connectivity index (χ1n) is 11.1. The fourth-order valence-electron chi connectivity index (χ4n) is 3.76. The third kappa shape index (κ3) is 5.87. The van der Waals surface area contributed by atoms with Crippen molar-refractivity contribution >= 4 is 27.5 Å². The first-order valence-corrected chi connectivity index (χ1v) is 12.5. The van der Waals surface area contributed by atoms with Crippen molar-refractivity contribution in [2.24, 2.45) is 5.92 Å². The third-order valence-electron chi connectivity index (χ3n) is 5.90. The molecule has 1 aliphatic heterocycles. The zero-order valence-electron chi connectivity index (χ0n) is 19.8. The molecule has 1 heterocycles. The molecular weight excluding hydrogens is 458 g/mol. The Labute approximate surface area is 200 Å². The van der Waals surface area contributed by atoms with Gasteiger partial charge in [0.2, 0.25) is 21.8 Å². The van der Waals surface area contributed by atoms with Gasteiger partial charge in [-0.25, -0.2) is 8.42 Å². The molecule has 2 aromatic carbocycles. The van der Waals surface area contributed by atoms with Gasteiger partial charge in [0.25, 0.3) is 0 Å².